The van der Waals surface area contributed by atoms with Crippen molar-refractivity contribution < 1.29 is 19.1 Å². The first-order chi connectivity index (χ1) is 14.2. The van der Waals surface area contributed by atoms with Crippen LogP contribution in [-0.4, -0.2) is 64.5 Å². The van der Waals surface area contributed by atoms with E-state index in [0.29, 0.717) is 25.2 Å². The summed E-state index contributed by atoms with van der Waals surface area (Å²) in [5.74, 6) is -0.295. The molecule has 3 amide bonds. The van der Waals surface area contributed by atoms with E-state index in [1.807, 2.05) is 63.8 Å². The quantitative estimate of drug-likeness (QED) is 0.790. The fraction of sp³-hybridized carbons (Fsp3) is 0.625. The molecule has 0 unspecified atom stereocenters. The number of piperazine rings is 1. The van der Waals surface area contributed by atoms with E-state index < -0.39 is 23.3 Å². The highest BCUT2D eigenvalue weighted by molar-refractivity contribution is 5.95. The smallest absolute Gasteiger partial charge is 0.408 e. The fourth-order valence-electron chi connectivity index (χ4n) is 3.72. The molecular formula is C24H37N3O4. The third-order valence-corrected chi connectivity index (χ3v) is 5.36. The molecule has 7 heteroatoms. The van der Waals surface area contributed by atoms with Crippen LogP contribution in [0.25, 0.3) is 0 Å². The first kappa shape index (κ1) is 24.7. The Morgan fingerprint density at radius 3 is 2.13 bits per heavy atom. The van der Waals surface area contributed by atoms with Gasteiger partial charge in [-0.25, -0.2) is 4.79 Å². The van der Waals surface area contributed by atoms with Gasteiger partial charge in [0.2, 0.25) is 5.91 Å². The zero-order chi connectivity index (χ0) is 23.6. The van der Waals surface area contributed by atoms with Gasteiger partial charge in [-0.15, -0.1) is 0 Å². The minimum Gasteiger partial charge on any atom is -0.444 e. The zero-order valence-electron chi connectivity index (χ0n) is 20.1. The van der Waals surface area contributed by atoms with E-state index in [0.717, 1.165) is 5.56 Å². The summed E-state index contributed by atoms with van der Waals surface area (Å²) in [6.07, 6.45) is -0.605. The highest BCUT2D eigenvalue weighted by Crippen LogP contribution is 2.25. The van der Waals surface area contributed by atoms with Gasteiger partial charge in [0.25, 0.3) is 5.91 Å². The summed E-state index contributed by atoms with van der Waals surface area (Å²) in [4.78, 5) is 42.2. The van der Waals surface area contributed by atoms with Crippen molar-refractivity contribution in [3.8, 4) is 0 Å². The molecule has 1 fully saturated rings. The van der Waals surface area contributed by atoms with E-state index in [2.05, 4.69) is 5.32 Å². The molecule has 7 nitrogen and oxygen atoms in total. The summed E-state index contributed by atoms with van der Waals surface area (Å²) >= 11 is 0. The summed E-state index contributed by atoms with van der Waals surface area (Å²) in [6.45, 7) is 16.3. The standard InChI is InChI=1S/C24H37N3O4/c1-16(2)19(25-22(30)31-23(4,5)6)21(29)26-13-14-27(24(7,8)15-26)20(28)18-11-9-17(3)10-12-18/h9-12,16,19H,13-15H2,1-8H3,(H,25,30)/t19-/m0/s1. The highest BCUT2D eigenvalue weighted by Gasteiger charge is 2.41. The summed E-state index contributed by atoms with van der Waals surface area (Å²) in [6, 6.07) is 6.84. The van der Waals surface area contributed by atoms with Crippen LogP contribution in [0.4, 0.5) is 4.79 Å². The van der Waals surface area contributed by atoms with Crippen LogP contribution in [0, 0.1) is 12.8 Å². The van der Waals surface area contributed by atoms with Crippen molar-refractivity contribution in [1.82, 2.24) is 15.1 Å². The Hall–Kier alpha value is -2.57. The second-order valence-electron chi connectivity index (χ2n) is 10.3. The molecule has 31 heavy (non-hydrogen) atoms. The van der Waals surface area contributed by atoms with Gasteiger partial charge in [0, 0.05) is 25.2 Å². The number of nitrogens with one attached hydrogen (secondary N) is 1. The molecule has 0 bridgehead atoms. The molecule has 1 aromatic carbocycles. The van der Waals surface area contributed by atoms with Crippen molar-refractivity contribution in [3.05, 3.63) is 35.4 Å². The summed E-state index contributed by atoms with van der Waals surface area (Å²) in [5.41, 5.74) is 0.565. The number of alkyl carbamates (subject to hydrolysis) is 1. The van der Waals surface area contributed by atoms with Gasteiger partial charge in [0.1, 0.15) is 11.6 Å². The van der Waals surface area contributed by atoms with Crippen LogP contribution >= 0.6 is 0 Å². The molecule has 0 spiro atoms. The van der Waals surface area contributed by atoms with E-state index in [-0.39, 0.29) is 17.7 Å². The lowest BCUT2D eigenvalue weighted by atomic mass is 9.95. The lowest BCUT2D eigenvalue weighted by Crippen LogP contribution is -2.64. The number of ether oxygens (including phenoxy) is 1. The van der Waals surface area contributed by atoms with Gasteiger partial charge in [-0.2, -0.15) is 0 Å². The van der Waals surface area contributed by atoms with Gasteiger partial charge in [0.15, 0.2) is 0 Å². The van der Waals surface area contributed by atoms with Gasteiger partial charge in [-0.05, 0) is 59.6 Å². The molecule has 1 atom stereocenters. The van der Waals surface area contributed by atoms with Crippen molar-refractivity contribution in [2.45, 2.75) is 72.6 Å². The molecule has 1 aliphatic heterocycles. The van der Waals surface area contributed by atoms with Crippen LogP contribution in [0.2, 0.25) is 0 Å². The van der Waals surface area contributed by atoms with E-state index in [1.165, 1.54) is 0 Å². The highest BCUT2D eigenvalue weighted by atomic mass is 16.6. The minimum atomic E-state index is -0.690. The van der Waals surface area contributed by atoms with Gasteiger partial charge in [-0.3, -0.25) is 9.59 Å². The normalized spacial score (nSPS) is 17.3. The molecule has 1 heterocycles. The van der Waals surface area contributed by atoms with Crippen LogP contribution in [0.1, 0.15) is 64.4 Å². The summed E-state index contributed by atoms with van der Waals surface area (Å²) in [5, 5.41) is 2.73. The lowest BCUT2D eigenvalue weighted by Gasteiger charge is -2.48. The predicted octanol–water partition coefficient (Wildman–Crippen LogP) is 3.61. The van der Waals surface area contributed by atoms with Crippen LogP contribution < -0.4 is 5.32 Å². The molecule has 1 aliphatic rings. The molecule has 1 aromatic rings. The van der Waals surface area contributed by atoms with Crippen LogP contribution in [0.15, 0.2) is 24.3 Å². The maximum absolute atomic E-state index is 13.3. The Bertz CT molecular complexity index is 809. The average molecular weight is 432 g/mol. The molecule has 1 saturated heterocycles. The second kappa shape index (κ2) is 9.28. The average Bonchev–Trinajstić information content (AvgIpc) is 2.63. The Labute approximate surface area is 186 Å². The maximum Gasteiger partial charge on any atom is 0.408 e. The van der Waals surface area contributed by atoms with E-state index in [9.17, 15) is 14.4 Å². The topological polar surface area (TPSA) is 79.0 Å². The number of aryl methyl sites for hydroxylation is 1. The SMILES string of the molecule is Cc1ccc(C(=O)N2CCN(C(=O)[C@@H](NC(=O)OC(C)(C)C)C(C)C)CC2(C)C)cc1. The van der Waals surface area contributed by atoms with Crippen LogP contribution in [0.3, 0.4) is 0 Å². The maximum atomic E-state index is 13.3. The molecular weight excluding hydrogens is 394 g/mol. The Kier molecular flexibility index (Phi) is 7.40. The number of benzene rings is 1. The summed E-state index contributed by atoms with van der Waals surface area (Å²) < 4.78 is 5.33. The van der Waals surface area contributed by atoms with Crippen molar-refractivity contribution in [2.75, 3.05) is 19.6 Å². The number of rotatable bonds is 4. The van der Waals surface area contributed by atoms with Crippen molar-refractivity contribution in [1.29, 1.82) is 0 Å². The van der Waals surface area contributed by atoms with Gasteiger partial charge >= 0.3 is 6.09 Å². The molecule has 172 valence electrons. The number of amides is 3. The van der Waals surface area contributed by atoms with Crippen molar-refractivity contribution in [2.24, 2.45) is 5.92 Å². The predicted molar refractivity (Wildman–Crippen MR) is 121 cm³/mol. The molecule has 2 rings (SSSR count). The van der Waals surface area contributed by atoms with E-state index >= 15 is 0 Å². The first-order valence-corrected chi connectivity index (χ1v) is 10.9. The van der Waals surface area contributed by atoms with Gasteiger partial charge in [0.05, 0.1) is 5.54 Å². The number of hydrogen-bond donors (Lipinski definition) is 1. The molecule has 0 saturated carbocycles. The molecule has 1 N–H and O–H groups in total. The monoisotopic (exact) mass is 431 g/mol. The van der Waals surface area contributed by atoms with Crippen molar-refractivity contribution in [3.63, 3.8) is 0 Å². The third kappa shape index (κ3) is 6.45. The Morgan fingerprint density at radius 1 is 1.06 bits per heavy atom. The van der Waals surface area contributed by atoms with Gasteiger partial charge < -0.3 is 19.9 Å². The minimum absolute atomic E-state index is 0.0376. The van der Waals surface area contributed by atoms with Crippen LogP contribution in [0.5, 0.6) is 0 Å². The number of carbonyl (C=O) groups is 3. The third-order valence-electron chi connectivity index (χ3n) is 5.36. The van der Waals surface area contributed by atoms with E-state index in [4.69, 9.17) is 4.74 Å². The van der Waals surface area contributed by atoms with Crippen LogP contribution in [-0.2, 0) is 9.53 Å². The fourth-order valence-corrected chi connectivity index (χ4v) is 3.72. The summed E-state index contributed by atoms with van der Waals surface area (Å²) in [7, 11) is 0. The zero-order valence-corrected chi connectivity index (χ0v) is 20.1. The molecule has 0 aromatic heterocycles. The second-order valence-corrected chi connectivity index (χ2v) is 10.3. The first-order valence-electron chi connectivity index (χ1n) is 10.9. The molecule has 0 radical (unpaired) electrons. The van der Waals surface area contributed by atoms with Gasteiger partial charge in [-0.1, -0.05) is 31.5 Å². The van der Waals surface area contributed by atoms with E-state index in [1.54, 1.807) is 25.7 Å². The lowest BCUT2D eigenvalue weighted by molar-refractivity contribution is -0.138. The van der Waals surface area contributed by atoms with Crippen molar-refractivity contribution >= 4 is 17.9 Å². The Balaban J connectivity index is 2.11. The Morgan fingerprint density at radius 2 is 1.65 bits per heavy atom. The number of nitrogens with zero attached hydrogens (tertiary/aromatic N) is 2. The number of hydrogen-bond acceptors (Lipinski definition) is 4. The molecule has 0 aliphatic carbocycles. The number of carbonyl (C=O) groups excluding carboxylic acids is 3. The largest absolute Gasteiger partial charge is 0.444 e.